The summed E-state index contributed by atoms with van der Waals surface area (Å²) in [6.45, 7) is 0.427. The van der Waals surface area contributed by atoms with E-state index in [9.17, 15) is 18.7 Å². The van der Waals surface area contributed by atoms with Gasteiger partial charge >= 0.3 is 6.61 Å². The fourth-order valence-electron chi connectivity index (χ4n) is 3.97. The topological polar surface area (TPSA) is 49.8 Å². The Morgan fingerprint density at radius 3 is 2.64 bits per heavy atom. The number of aliphatic hydroxyl groups is 1. The molecule has 1 N–H and O–H groups in total. The van der Waals surface area contributed by atoms with E-state index < -0.39 is 12.2 Å². The van der Waals surface area contributed by atoms with Crippen molar-refractivity contribution in [3.8, 4) is 5.75 Å². The molecule has 1 aromatic rings. The van der Waals surface area contributed by atoms with Gasteiger partial charge in [-0.25, -0.2) is 0 Å². The molecule has 3 rings (SSSR count). The Kier molecular flexibility index (Phi) is 5.27. The summed E-state index contributed by atoms with van der Waals surface area (Å²) in [5.41, 5.74) is 0.308. The second-order valence-electron chi connectivity index (χ2n) is 7.60. The first-order valence-corrected chi connectivity index (χ1v) is 8.87. The number of piperidine rings is 1. The van der Waals surface area contributed by atoms with Crippen LogP contribution >= 0.6 is 0 Å². The highest BCUT2D eigenvalue weighted by Crippen LogP contribution is 2.39. The predicted molar refractivity (Wildman–Crippen MR) is 89.4 cm³/mol. The van der Waals surface area contributed by atoms with Crippen molar-refractivity contribution in [3.05, 3.63) is 29.8 Å². The van der Waals surface area contributed by atoms with E-state index >= 15 is 0 Å². The van der Waals surface area contributed by atoms with E-state index in [-0.39, 0.29) is 17.6 Å². The Labute approximate surface area is 146 Å². The van der Waals surface area contributed by atoms with Crippen LogP contribution in [0.15, 0.2) is 24.3 Å². The molecule has 0 atom stereocenters. The molecule has 0 aromatic heterocycles. The zero-order valence-corrected chi connectivity index (χ0v) is 14.5. The van der Waals surface area contributed by atoms with Crippen LogP contribution < -0.4 is 4.74 Å². The average molecular weight is 353 g/mol. The summed E-state index contributed by atoms with van der Waals surface area (Å²) in [5, 5.41) is 9.79. The van der Waals surface area contributed by atoms with E-state index in [1.165, 1.54) is 6.07 Å². The third kappa shape index (κ3) is 4.69. The Morgan fingerprint density at radius 1 is 1.36 bits per heavy atom. The number of alkyl halides is 2. The molecule has 1 aromatic carbocycles. The zero-order chi connectivity index (χ0) is 18.0. The molecule has 4 nitrogen and oxygen atoms in total. The van der Waals surface area contributed by atoms with Gasteiger partial charge in [0.1, 0.15) is 5.75 Å². The average Bonchev–Trinajstić information content (AvgIpc) is 2.52. The molecule has 25 heavy (non-hydrogen) atoms. The molecule has 0 spiro atoms. The van der Waals surface area contributed by atoms with Gasteiger partial charge < -0.3 is 14.7 Å². The highest BCUT2D eigenvalue weighted by Gasteiger charge is 2.44. The minimum atomic E-state index is -2.81. The van der Waals surface area contributed by atoms with E-state index in [1.807, 2.05) is 11.0 Å². The van der Waals surface area contributed by atoms with Crippen LogP contribution in [0.3, 0.4) is 0 Å². The molecular formula is C19H25F2NO3. The summed E-state index contributed by atoms with van der Waals surface area (Å²) in [4.78, 5) is 14.3. The highest BCUT2D eigenvalue weighted by atomic mass is 19.3. The van der Waals surface area contributed by atoms with Crippen molar-refractivity contribution in [2.75, 3.05) is 13.1 Å². The smallest absolute Gasteiger partial charge is 0.387 e. The molecule has 0 bridgehead atoms. The molecule has 1 aliphatic carbocycles. The van der Waals surface area contributed by atoms with E-state index in [4.69, 9.17) is 0 Å². The van der Waals surface area contributed by atoms with Crippen LogP contribution in [0.5, 0.6) is 5.75 Å². The van der Waals surface area contributed by atoms with E-state index in [2.05, 4.69) is 4.74 Å². The van der Waals surface area contributed by atoms with Gasteiger partial charge in [0.25, 0.3) is 0 Å². The SMILES string of the molecule is C[C@]1(O)C[C@@H](C(=O)N2CCC(Cc3cccc(OC(F)F)c3)CC2)C1. The molecule has 6 heteroatoms. The molecule has 1 heterocycles. The normalized spacial score (nSPS) is 27.2. The number of ether oxygens (including phenoxy) is 1. The second-order valence-corrected chi connectivity index (χ2v) is 7.60. The monoisotopic (exact) mass is 353 g/mol. The number of likely N-dealkylation sites (tertiary alicyclic amines) is 1. The van der Waals surface area contributed by atoms with Crippen LogP contribution in [0.1, 0.15) is 38.2 Å². The molecule has 138 valence electrons. The number of halogens is 2. The lowest BCUT2D eigenvalue weighted by Gasteiger charge is -2.43. The van der Waals surface area contributed by atoms with Crippen LogP contribution in [0, 0.1) is 11.8 Å². The van der Waals surface area contributed by atoms with Gasteiger partial charge in [-0.15, -0.1) is 0 Å². The van der Waals surface area contributed by atoms with Crippen molar-refractivity contribution >= 4 is 5.91 Å². The fourth-order valence-corrected chi connectivity index (χ4v) is 3.97. The summed E-state index contributed by atoms with van der Waals surface area (Å²) < 4.78 is 29.1. The van der Waals surface area contributed by atoms with Gasteiger partial charge in [-0.2, -0.15) is 8.78 Å². The Bertz CT molecular complexity index is 604. The lowest BCUT2D eigenvalue weighted by atomic mass is 9.71. The van der Waals surface area contributed by atoms with Crippen molar-refractivity contribution in [2.24, 2.45) is 11.8 Å². The van der Waals surface area contributed by atoms with Crippen molar-refractivity contribution < 1.29 is 23.4 Å². The Hall–Kier alpha value is -1.69. The predicted octanol–water partition coefficient (Wildman–Crippen LogP) is 3.23. The van der Waals surface area contributed by atoms with Crippen molar-refractivity contribution in [1.82, 2.24) is 4.90 Å². The molecular weight excluding hydrogens is 328 g/mol. The first-order valence-electron chi connectivity index (χ1n) is 8.87. The third-order valence-corrected chi connectivity index (χ3v) is 5.30. The van der Waals surface area contributed by atoms with Crippen LogP contribution in [-0.4, -0.2) is 41.2 Å². The molecule has 0 unspecified atom stereocenters. The standard InChI is InChI=1S/C19H25F2NO3/c1-19(24)11-15(12-19)17(23)22-7-5-13(6-8-22)9-14-3-2-4-16(10-14)25-18(20)21/h2-4,10,13,15,18,24H,5-9,11-12H2,1H3/t15-,19+. The maximum Gasteiger partial charge on any atom is 0.387 e. The highest BCUT2D eigenvalue weighted by molar-refractivity contribution is 5.80. The Morgan fingerprint density at radius 2 is 2.04 bits per heavy atom. The summed E-state index contributed by atoms with van der Waals surface area (Å²) in [7, 11) is 0. The van der Waals surface area contributed by atoms with Crippen LogP contribution in [0.25, 0.3) is 0 Å². The van der Waals surface area contributed by atoms with Gasteiger partial charge in [-0.1, -0.05) is 12.1 Å². The summed E-state index contributed by atoms with van der Waals surface area (Å²) in [6.07, 6.45) is 3.75. The maximum atomic E-state index is 12.4. The molecule has 2 aliphatic rings. The molecule has 1 amide bonds. The number of rotatable bonds is 5. The first kappa shape index (κ1) is 18.1. The van der Waals surface area contributed by atoms with Gasteiger partial charge in [-0.3, -0.25) is 4.79 Å². The van der Waals surface area contributed by atoms with Crippen LogP contribution in [-0.2, 0) is 11.2 Å². The lowest BCUT2D eigenvalue weighted by molar-refractivity contribution is -0.151. The number of hydrogen-bond donors (Lipinski definition) is 1. The Balaban J connectivity index is 1.47. The van der Waals surface area contributed by atoms with Gasteiger partial charge in [0.2, 0.25) is 5.91 Å². The molecule has 2 fully saturated rings. The quantitative estimate of drug-likeness (QED) is 0.884. The minimum Gasteiger partial charge on any atom is -0.435 e. The van der Waals surface area contributed by atoms with Crippen LogP contribution in [0.4, 0.5) is 8.78 Å². The van der Waals surface area contributed by atoms with Crippen molar-refractivity contribution in [2.45, 2.75) is 51.2 Å². The van der Waals surface area contributed by atoms with E-state index in [1.54, 1.807) is 19.1 Å². The summed E-state index contributed by atoms with van der Waals surface area (Å²) >= 11 is 0. The number of carbonyl (C=O) groups excluding carboxylic acids is 1. The van der Waals surface area contributed by atoms with Gasteiger partial charge in [0.15, 0.2) is 0 Å². The number of amides is 1. The largest absolute Gasteiger partial charge is 0.435 e. The van der Waals surface area contributed by atoms with E-state index in [0.29, 0.717) is 18.8 Å². The van der Waals surface area contributed by atoms with Crippen molar-refractivity contribution in [3.63, 3.8) is 0 Å². The van der Waals surface area contributed by atoms with Gasteiger partial charge in [0, 0.05) is 19.0 Å². The first-order chi connectivity index (χ1) is 11.8. The second kappa shape index (κ2) is 7.28. The van der Waals surface area contributed by atoms with Gasteiger partial charge in [-0.05, 0) is 62.6 Å². The molecule has 1 saturated heterocycles. The van der Waals surface area contributed by atoms with Gasteiger partial charge in [0.05, 0.1) is 5.60 Å². The summed E-state index contributed by atoms with van der Waals surface area (Å²) in [5.74, 6) is 0.763. The molecule has 0 radical (unpaired) electrons. The lowest BCUT2D eigenvalue weighted by Crippen LogP contribution is -2.51. The molecule has 1 saturated carbocycles. The molecule has 1 aliphatic heterocycles. The maximum absolute atomic E-state index is 12.4. The minimum absolute atomic E-state index is 0.0327. The van der Waals surface area contributed by atoms with Crippen molar-refractivity contribution in [1.29, 1.82) is 0 Å². The third-order valence-electron chi connectivity index (χ3n) is 5.30. The number of carbonyl (C=O) groups is 1. The fraction of sp³-hybridized carbons (Fsp3) is 0.632. The number of nitrogens with zero attached hydrogens (tertiary/aromatic N) is 1. The number of benzene rings is 1. The van der Waals surface area contributed by atoms with E-state index in [0.717, 1.165) is 37.9 Å². The number of hydrogen-bond acceptors (Lipinski definition) is 3. The van der Waals surface area contributed by atoms with Crippen LogP contribution in [0.2, 0.25) is 0 Å². The summed E-state index contributed by atoms with van der Waals surface area (Å²) in [6, 6.07) is 6.85. The zero-order valence-electron chi connectivity index (χ0n) is 14.5.